The summed E-state index contributed by atoms with van der Waals surface area (Å²) < 4.78 is 5.00. The summed E-state index contributed by atoms with van der Waals surface area (Å²) in [5, 5.41) is 6.64. The third kappa shape index (κ3) is 5.80. The molecule has 0 unspecified atom stereocenters. The smallest absolute Gasteiger partial charge is 0.409 e. The summed E-state index contributed by atoms with van der Waals surface area (Å²) in [6.45, 7) is 8.04. The number of nitrogens with one attached hydrogen (secondary N) is 2. The van der Waals surface area contributed by atoms with Crippen LogP contribution < -0.4 is 10.6 Å². The highest BCUT2D eigenvalue weighted by atomic mass is 35.5. The summed E-state index contributed by atoms with van der Waals surface area (Å²) in [5.41, 5.74) is 0.916. The van der Waals surface area contributed by atoms with Gasteiger partial charge >= 0.3 is 12.1 Å². The maximum Gasteiger partial charge on any atom is 0.409 e. The van der Waals surface area contributed by atoms with Gasteiger partial charge in [-0.1, -0.05) is 37.6 Å². The van der Waals surface area contributed by atoms with Crippen LogP contribution >= 0.6 is 11.6 Å². The summed E-state index contributed by atoms with van der Waals surface area (Å²) >= 11 is 5.93. The first kappa shape index (κ1) is 20.4. The van der Waals surface area contributed by atoms with Crippen LogP contribution in [0.4, 0.5) is 9.59 Å². The van der Waals surface area contributed by atoms with Gasteiger partial charge in [0.1, 0.15) is 0 Å². The van der Waals surface area contributed by atoms with E-state index in [-0.39, 0.29) is 23.6 Å². The standard InChI is InChI=1S/C19H28ClN3O3/c1-4-26-18(25)23-11-9-16(10-12-23)22-17(24)21-13-19(2,3)14-5-7-15(20)8-6-14/h5-8,16H,4,9-13H2,1-3H3,(H2,21,22,24). The van der Waals surface area contributed by atoms with Crippen molar-refractivity contribution in [2.45, 2.75) is 45.1 Å². The van der Waals surface area contributed by atoms with E-state index in [1.807, 2.05) is 24.3 Å². The quantitative estimate of drug-likeness (QED) is 0.819. The Morgan fingerprint density at radius 2 is 1.85 bits per heavy atom. The van der Waals surface area contributed by atoms with Crippen molar-refractivity contribution in [3.05, 3.63) is 34.9 Å². The normalized spacial score (nSPS) is 15.5. The molecule has 144 valence electrons. The molecule has 3 amide bonds. The van der Waals surface area contributed by atoms with Gasteiger partial charge in [0.25, 0.3) is 0 Å². The van der Waals surface area contributed by atoms with Crippen LogP contribution in [0, 0.1) is 0 Å². The first-order valence-corrected chi connectivity index (χ1v) is 9.41. The van der Waals surface area contributed by atoms with E-state index in [1.54, 1.807) is 11.8 Å². The fourth-order valence-electron chi connectivity index (χ4n) is 2.96. The van der Waals surface area contributed by atoms with Crippen LogP contribution in [0.5, 0.6) is 0 Å². The fourth-order valence-corrected chi connectivity index (χ4v) is 3.09. The lowest BCUT2D eigenvalue weighted by Crippen LogP contribution is -2.50. The van der Waals surface area contributed by atoms with Crippen LogP contribution in [0.2, 0.25) is 5.02 Å². The predicted octanol–water partition coefficient (Wildman–Crippen LogP) is 3.54. The van der Waals surface area contributed by atoms with Crippen LogP contribution in [0.3, 0.4) is 0 Å². The first-order chi connectivity index (χ1) is 12.3. The zero-order chi connectivity index (χ0) is 19.2. The Morgan fingerprint density at radius 1 is 1.23 bits per heavy atom. The van der Waals surface area contributed by atoms with Gasteiger partial charge in [-0.2, -0.15) is 0 Å². The molecule has 0 radical (unpaired) electrons. The average molecular weight is 382 g/mol. The van der Waals surface area contributed by atoms with Gasteiger partial charge in [0.05, 0.1) is 6.61 Å². The maximum absolute atomic E-state index is 12.2. The van der Waals surface area contributed by atoms with E-state index in [9.17, 15) is 9.59 Å². The highest BCUT2D eigenvalue weighted by Crippen LogP contribution is 2.23. The van der Waals surface area contributed by atoms with Crippen molar-refractivity contribution >= 4 is 23.7 Å². The number of halogens is 1. The molecule has 0 aromatic heterocycles. The second-order valence-corrected chi connectivity index (χ2v) is 7.61. The van der Waals surface area contributed by atoms with Gasteiger partial charge in [0, 0.05) is 36.1 Å². The number of hydrogen-bond donors (Lipinski definition) is 2. The number of likely N-dealkylation sites (tertiary alicyclic amines) is 1. The minimum atomic E-state index is -0.278. The first-order valence-electron chi connectivity index (χ1n) is 9.04. The Morgan fingerprint density at radius 3 is 2.42 bits per heavy atom. The van der Waals surface area contributed by atoms with Gasteiger partial charge in [-0.05, 0) is 37.5 Å². The molecule has 0 spiro atoms. The van der Waals surface area contributed by atoms with Gasteiger partial charge in [0.2, 0.25) is 0 Å². The highest BCUT2D eigenvalue weighted by Gasteiger charge is 2.26. The molecule has 6 nitrogen and oxygen atoms in total. The Labute approximate surface area is 160 Å². The molecule has 1 aromatic carbocycles. The molecule has 0 bridgehead atoms. The van der Waals surface area contributed by atoms with Crippen molar-refractivity contribution in [1.29, 1.82) is 0 Å². The van der Waals surface area contributed by atoms with Crippen molar-refractivity contribution in [2.24, 2.45) is 0 Å². The van der Waals surface area contributed by atoms with Crippen LogP contribution in [0.1, 0.15) is 39.2 Å². The van der Waals surface area contributed by atoms with Gasteiger partial charge in [-0.15, -0.1) is 0 Å². The Balaban J connectivity index is 1.75. The van der Waals surface area contributed by atoms with Crippen LogP contribution in [0.25, 0.3) is 0 Å². The van der Waals surface area contributed by atoms with E-state index in [0.717, 1.165) is 18.4 Å². The minimum Gasteiger partial charge on any atom is -0.450 e. The van der Waals surface area contributed by atoms with Gasteiger partial charge in [-0.3, -0.25) is 0 Å². The van der Waals surface area contributed by atoms with Crippen molar-refractivity contribution in [3.8, 4) is 0 Å². The number of rotatable bonds is 5. The lowest BCUT2D eigenvalue weighted by atomic mass is 9.85. The Kier molecular flexibility index (Phi) is 7.14. The largest absolute Gasteiger partial charge is 0.450 e. The van der Waals surface area contributed by atoms with Crippen molar-refractivity contribution in [2.75, 3.05) is 26.2 Å². The second kappa shape index (κ2) is 9.12. The zero-order valence-corrected chi connectivity index (χ0v) is 16.4. The summed E-state index contributed by atoms with van der Waals surface area (Å²) in [6, 6.07) is 7.56. The molecule has 2 N–H and O–H groups in total. The molecular weight excluding hydrogens is 354 g/mol. The minimum absolute atomic E-state index is 0.0688. The molecule has 2 rings (SSSR count). The third-order valence-electron chi connectivity index (χ3n) is 4.67. The molecule has 1 aromatic rings. The molecule has 26 heavy (non-hydrogen) atoms. The Bertz CT molecular complexity index is 611. The molecule has 7 heteroatoms. The number of piperidine rings is 1. The number of carbonyl (C=O) groups excluding carboxylic acids is 2. The SMILES string of the molecule is CCOC(=O)N1CCC(NC(=O)NCC(C)(C)c2ccc(Cl)cc2)CC1. The summed E-state index contributed by atoms with van der Waals surface area (Å²) in [4.78, 5) is 25.6. The molecule has 1 aliphatic rings. The van der Waals surface area contributed by atoms with E-state index in [2.05, 4.69) is 24.5 Å². The van der Waals surface area contributed by atoms with Crippen LogP contribution in [-0.2, 0) is 10.2 Å². The summed E-state index contributed by atoms with van der Waals surface area (Å²) in [7, 11) is 0. The molecule has 1 saturated heterocycles. The number of nitrogens with zero attached hydrogens (tertiary/aromatic N) is 1. The maximum atomic E-state index is 12.2. The average Bonchev–Trinajstić information content (AvgIpc) is 2.61. The van der Waals surface area contributed by atoms with E-state index in [1.165, 1.54) is 0 Å². The second-order valence-electron chi connectivity index (χ2n) is 7.18. The number of benzene rings is 1. The van der Waals surface area contributed by atoms with Crippen LogP contribution in [-0.4, -0.2) is 49.3 Å². The van der Waals surface area contributed by atoms with Crippen LogP contribution in [0.15, 0.2) is 24.3 Å². The number of urea groups is 1. The summed E-state index contributed by atoms with van der Waals surface area (Å²) in [5.74, 6) is 0. The van der Waals surface area contributed by atoms with E-state index >= 15 is 0 Å². The third-order valence-corrected chi connectivity index (χ3v) is 4.92. The fraction of sp³-hybridized carbons (Fsp3) is 0.579. The molecule has 0 atom stereocenters. The van der Waals surface area contributed by atoms with Gasteiger partial charge in [0.15, 0.2) is 0 Å². The molecule has 0 aliphatic carbocycles. The number of ether oxygens (including phenoxy) is 1. The van der Waals surface area contributed by atoms with E-state index in [4.69, 9.17) is 16.3 Å². The summed E-state index contributed by atoms with van der Waals surface area (Å²) in [6.07, 6.45) is 1.18. The van der Waals surface area contributed by atoms with E-state index in [0.29, 0.717) is 31.3 Å². The zero-order valence-electron chi connectivity index (χ0n) is 15.7. The van der Waals surface area contributed by atoms with E-state index < -0.39 is 0 Å². The molecule has 1 aliphatic heterocycles. The van der Waals surface area contributed by atoms with Crippen molar-refractivity contribution in [3.63, 3.8) is 0 Å². The molecular formula is C19H28ClN3O3. The molecule has 1 heterocycles. The highest BCUT2D eigenvalue weighted by molar-refractivity contribution is 6.30. The number of carbonyl (C=O) groups is 2. The lowest BCUT2D eigenvalue weighted by Gasteiger charge is -2.32. The van der Waals surface area contributed by atoms with Gasteiger partial charge < -0.3 is 20.3 Å². The predicted molar refractivity (Wildman–Crippen MR) is 103 cm³/mol. The number of hydrogen-bond acceptors (Lipinski definition) is 3. The Hall–Kier alpha value is -1.95. The number of amides is 3. The van der Waals surface area contributed by atoms with Crippen molar-refractivity contribution < 1.29 is 14.3 Å². The van der Waals surface area contributed by atoms with Crippen molar-refractivity contribution in [1.82, 2.24) is 15.5 Å². The van der Waals surface area contributed by atoms with Gasteiger partial charge in [-0.25, -0.2) is 9.59 Å². The lowest BCUT2D eigenvalue weighted by molar-refractivity contribution is 0.0957. The molecule has 1 fully saturated rings. The molecule has 0 saturated carbocycles. The monoisotopic (exact) mass is 381 g/mol. The topological polar surface area (TPSA) is 70.7 Å².